The van der Waals surface area contributed by atoms with Crippen LogP contribution in [0, 0.1) is 11.6 Å². The van der Waals surface area contributed by atoms with E-state index in [0.717, 1.165) is 37.1 Å². The number of likely N-dealkylation sites (tertiary alicyclic amines) is 1. The number of benzene rings is 2. The van der Waals surface area contributed by atoms with E-state index in [1.807, 2.05) is 6.07 Å². The second-order valence-corrected chi connectivity index (χ2v) is 7.01. The van der Waals surface area contributed by atoms with E-state index >= 15 is 0 Å². The monoisotopic (exact) mass is 385 g/mol. The Labute approximate surface area is 161 Å². The van der Waals surface area contributed by atoms with E-state index in [9.17, 15) is 8.78 Å². The molecule has 0 spiro atoms. The molecule has 1 aliphatic rings. The van der Waals surface area contributed by atoms with Crippen molar-refractivity contribution in [3.63, 3.8) is 0 Å². The van der Waals surface area contributed by atoms with Crippen LogP contribution in [0.2, 0.25) is 0 Å². The average Bonchev–Trinajstić information content (AvgIpc) is 3.19. The van der Waals surface area contributed by atoms with Crippen LogP contribution in [0.3, 0.4) is 0 Å². The molecule has 0 amide bonds. The van der Waals surface area contributed by atoms with Crippen LogP contribution in [-0.2, 0) is 6.54 Å². The average molecular weight is 385 g/mol. The van der Waals surface area contributed by atoms with Crippen molar-refractivity contribution in [2.45, 2.75) is 25.3 Å². The van der Waals surface area contributed by atoms with Crippen molar-refractivity contribution in [1.82, 2.24) is 15.0 Å². The van der Waals surface area contributed by atoms with Gasteiger partial charge < -0.3 is 9.26 Å². The summed E-state index contributed by atoms with van der Waals surface area (Å²) >= 11 is 0. The van der Waals surface area contributed by atoms with Gasteiger partial charge in [0.2, 0.25) is 11.7 Å². The molecule has 3 aromatic rings. The fourth-order valence-electron chi connectivity index (χ4n) is 3.58. The van der Waals surface area contributed by atoms with E-state index in [2.05, 4.69) is 15.0 Å². The molecule has 1 atom stereocenters. The van der Waals surface area contributed by atoms with Crippen molar-refractivity contribution in [3.8, 4) is 17.1 Å². The fourth-order valence-corrected chi connectivity index (χ4v) is 3.58. The maximum atomic E-state index is 13.9. The number of hydrogen-bond donors (Lipinski definition) is 0. The van der Waals surface area contributed by atoms with Gasteiger partial charge in [0.1, 0.15) is 5.82 Å². The third-order valence-corrected chi connectivity index (χ3v) is 5.02. The Balaban J connectivity index is 1.44. The van der Waals surface area contributed by atoms with Gasteiger partial charge in [0.05, 0.1) is 13.0 Å². The van der Waals surface area contributed by atoms with Gasteiger partial charge in [-0.15, -0.1) is 0 Å². The van der Waals surface area contributed by atoms with Crippen molar-refractivity contribution in [2.24, 2.45) is 0 Å². The van der Waals surface area contributed by atoms with Gasteiger partial charge in [-0.2, -0.15) is 4.98 Å². The van der Waals surface area contributed by atoms with Gasteiger partial charge in [0.15, 0.2) is 11.6 Å². The molecule has 28 heavy (non-hydrogen) atoms. The molecular weight excluding hydrogens is 364 g/mol. The molecule has 0 N–H and O–H groups in total. The third kappa shape index (κ3) is 4.04. The summed E-state index contributed by atoms with van der Waals surface area (Å²) in [4.78, 5) is 6.77. The largest absolute Gasteiger partial charge is 0.494 e. The first kappa shape index (κ1) is 18.6. The number of rotatable bonds is 5. The second-order valence-electron chi connectivity index (χ2n) is 7.01. The first-order valence-corrected chi connectivity index (χ1v) is 9.26. The van der Waals surface area contributed by atoms with E-state index in [0.29, 0.717) is 18.3 Å². The van der Waals surface area contributed by atoms with Crippen molar-refractivity contribution in [1.29, 1.82) is 0 Å². The highest BCUT2D eigenvalue weighted by atomic mass is 19.1. The van der Waals surface area contributed by atoms with Gasteiger partial charge in [-0.3, -0.25) is 4.90 Å². The summed E-state index contributed by atoms with van der Waals surface area (Å²) in [5.74, 6) is 0.770. The molecule has 1 saturated heterocycles. The topological polar surface area (TPSA) is 51.4 Å². The Kier molecular flexibility index (Phi) is 5.34. The Morgan fingerprint density at radius 1 is 1.18 bits per heavy atom. The Hall–Kier alpha value is -2.80. The second kappa shape index (κ2) is 8.06. The lowest BCUT2D eigenvalue weighted by Crippen LogP contribution is -2.34. The molecule has 7 heteroatoms. The minimum atomic E-state index is -0.352. The highest BCUT2D eigenvalue weighted by Crippen LogP contribution is 2.29. The van der Waals surface area contributed by atoms with Gasteiger partial charge in [-0.1, -0.05) is 11.2 Å². The van der Waals surface area contributed by atoms with Gasteiger partial charge in [0.25, 0.3) is 0 Å². The fraction of sp³-hybridized carbons (Fsp3) is 0.333. The summed E-state index contributed by atoms with van der Waals surface area (Å²) in [6, 6.07) is 11.1. The van der Waals surface area contributed by atoms with Crippen LogP contribution in [0.1, 0.15) is 30.2 Å². The SMILES string of the molecule is COc1ccc(CN2CCCC(c3nc(-c4ccc(F)cc4)no3)C2)cc1F. The summed E-state index contributed by atoms with van der Waals surface area (Å²) in [6.07, 6.45) is 1.95. The van der Waals surface area contributed by atoms with Crippen molar-refractivity contribution in [2.75, 3.05) is 20.2 Å². The van der Waals surface area contributed by atoms with E-state index in [1.54, 1.807) is 18.2 Å². The summed E-state index contributed by atoms with van der Waals surface area (Å²) in [7, 11) is 1.46. The molecule has 0 aliphatic carbocycles. The molecule has 0 radical (unpaired) electrons. The first-order valence-electron chi connectivity index (χ1n) is 9.26. The zero-order chi connectivity index (χ0) is 19.5. The Morgan fingerprint density at radius 3 is 2.75 bits per heavy atom. The molecule has 146 valence electrons. The summed E-state index contributed by atoms with van der Waals surface area (Å²) < 4.78 is 37.5. The quantitative estimate of drug-likeness (QED) is 0.651. The van der Waals surface area contributed by atoms with E-state index in [1.165, 1.54) is 25.3 Å². The zero-order valence-corrected chi connectivity index (χ0v) is 15.6. The minimum Gasteiger partial charge on any atom is -0.494 e. The summed E-state index contributed by atoms with van der Waals surface area (Å²) in [5, 5.41) is 4.04. The number of nitrogens with zero attached hydrogens (tertiary/aromatic N) is 3. The predicted octanol–water partition coefficient (Wildman–Crippen LogP) is 4.40. The van der Waals surface area contributed by atoms with Crippen LogP contribution in [0.4, 0.5) is 8.78 Å². The van der Waals surface area contributed by atoms with Crippen molar-refractivity contribution >= 4 is 0 Å². The molecule has 1 aromatic heterocycles. The lowest BCUT2D eigenvalue weighted by molar-refractivity contribution is 0.180. The number of halogens is 2. The molecule has 0 saturated carbocycles. The van der Waals surface area contributed by atoms with Crippen LogP contribution >= 0.6 is 0 Å². The van der Waals surface area contributed by atoms with Gasteiger partial charge in [0, 0.05) is 18.7 Å². The molecule has 2 aromatic carbocycles. The lowest BCUT2D eigenvalue weighted by atomic mass is 9.97. The lowest BCUT2D eigenvalue weighted by Gasteiger charge is -2.31. The standard InChI is InChI=1S/C21H21F2N3O2/c1-27-19-9-4-14(11-18(19)23)12-26-10-2-3-16(13-26)21-24-20(25-28-21)15-5-7-17(22)8-6-15/h4-9,11,16H,2-3,10,12-13H2,1H3. The number of methoxy groups -OCH3 is 1. The van der Waals surface area contributed by atoms with Crippen LogP contribution in [-0.4, -0.2) is 35.2 Å². The van der Waals surface area contributed by atoms with Crippen LogP contribution in [0.5, 0.6) is 5.75 Å². The summed E-state index contributed by atoms with van der Waals surface area (Å²) in [5.41, 5.74) is 1.62. The maximum absolute atomic E-state index is 13.9. The van der Waals surface area contributed by atoms with Gasteiger partial charge in [-0.05, 0) is 61.3 Å². The highest BCUT2D eigenvalue weighted by Gasteiger charge is 2.26. The molecule has 1 fully saturated rings. The van der Waals surface area contributed by atoms with Crippen LogP contribution < -0.4 is 4.74 Å². The normalized spacial score (nSPS) is 17.6. The van der Waals surface area contributed by atoms with Gasteiger partial charge in [-0.25, -0.2) is 8.78 Å². The highest BCUT2D eigenvalue weighted by molar-refractivity contribution is 5.53. The molecule has 1 unspecified atom stereocenters. The predicted molar refractivity (Wildman–Crippen MR) is 99.9 cm³/mol. The van der Waals surface area contributed by atoms with E-state index < -0.39 is 0 Å². The number of ether oxygens (including phenoxy) is 1. The smallest absolute Gasteiger partial charge is 0.231 e. The maximum Gasteiger partial charge on any atom is 0.231 e. The first-order chi connectivity index (χ1) is 13.6. The Bertz CT molecular complexity index is 943. The Morgan fingerprint density at radius 2 is 2.00 bits per heavy atom. The van der Waals surface area contributed by atoms with Crippen molar-refractivity contribution in [3.05, 3.63) is 65.6 Å². The number of hydrogen-bond acceptors (Lipinski definition) is 5. The van der Waals surface area contributed by atoms with Crippen molar-refractivity contribution < 1.29 is 18.0 Å². The molecular formula is C21H21F2N3O2. The number of aromatic nitrogens is 2. The molecule has 1 aliphatic heterocycles. The van der Waals surface area contributed by atoms with E-state index in [-0.39, 0.29) is 23.3 Å². The minimum absolute atomic E-state index is 0.124. The van der Waals surface area contributed by atoms with Crippen LogP contribution in [0.15, 0.2) is 47.0 Å². The molecule has 5 nitrogen and oxygen atoms in total. The zero-order valence-electron chi connectivity index (χ0n) is 15.6. The molecule has 2 heterocycles. The number of piperidine rings is 1. The van der Waals surface area contributed by atoms with Crippen LogP contribution in [0.25, 0.3) is 11.4 Å². The van der Waals surface area contributed by atoms with E-state index in [4.69, 9.17) is 9.26 Å². The third-order valence-electron chi connectivity index (χ3n) is 5.02. The summed E-state index contributed by atoms with van der Waals surface area (Å²) in [6.45, 7) is 2.35. The molecule has 4 rings (SSSR count). The van der Waals surface area contributed by atoms with Gasteiger partial charge >= 0.3 is 0 Å². The molecule has 0 bridgehead atoms.